The van der Waals surface area contributed by atoms with Crippen LogP contribution in [0.1, 0.15) is 94.2 Å². The van der Waals surface area contributed by atoms with Gasteiger partial charge in [0.25, 0.3) is 0 Å². The number of halogens is 2. The molecule has 0 unspecified atom stereocenters. The minimum Gasteiger partial charge on any atom is -0.491 e. The third kappa shape index (κ3) is 6.57. The van der Waals surface area contributed by atoms with Crippen LogP contribution < -0.4 is 4.74 Å². The molecule has 1 nitrogen and oxygen atoms in total. The fraction of sp³-hybridized carbons (Fsp3) is 0.500. The Labute approximate surface area is 186 Å². The van der Waals surface area contributed by atoms with Crippen LogP contribution in [-0.2, 0) is 0 Å². The first-order valence-corrected chi connectivity index (χ1v) is 11.8. The fourth-order valence-electron chi connectivity index (χ4n) is 4.52. The van der Waals surface area contributed by atoms with Gasteiger partial charge >= 0.3 is 0 Å². The molecule has 0 aromatic heterocycles. The van der Waals surface area contributed by atoms with E-state index in [1.165, 1.54) is 75.5 Å². The molecule has 3 rings (SSSR count). The average molecular weight is 425 g/mol. The molecule has 1 saturated carbocycles. The zero-order valence-corrected chi connectivity index (χ0v) is 18.9. The van der Waals surface area contributed by atoms with Crippen LogP contribution in [0.15, 0.2) is 36.4 Å². The molecule has 1 aliphatic rings. The number of hydrogen-bond acceptors (Lipinski definition) is 1. The summed E-state index contributed by atoms with van der Waals surface area (Å²) in [5.74, 6) is 5.23. The number of hydrogen-bond donors (Lipinski definition) is 0. The van der Waals surface area contributed by atoms with Gasteiger partial charge in [0.05, 0.1) is 12.2 Å². The quantitative estimate of drug-likeness (QED) is 0.308. The first-order chi connectivity index (χ1) is 15.1. The van der Waals surface area contributed by atoms with Gasteiger partial charge in [0.1, 0.15) is 0 Å². The number of rotatable bonds is 8. The average Bonchev–Trinajstić information content (AvgIpc) is 2.80. The van der Waals surface area contributed by atoms with Gasteiger partial charge in [-0.05, 0) is 74.3 Å². The van der Waals surface area contributed by atoms with Gasteiger partial charge in [-0.2, -0.15) is 4.39 Å². The zero-order chi connectivity index (χ0) is 22.1. The van der Waals surface area contributed by atoms with Crippen LogP contribution in [-0.4, -0.2) is 6.61 Å². The molecule has 0 radical (unpaired) electrons. The summed E-state index contributed by atoms with van der Waals surface area (Å²) >= 11 is 0. The Morgan fingerprint density at radius 1 is 0.839 bits per heavy atom. The lowest BCUT2D eigenvalue weighted by molar-refractivity contribution is 0.302. The normalized spacial score (nSPS) is 18.3. The van der Waals surface area contributed by atoms with Gasteiger partial charge in [0, 0.05) is 5.56 Å². The molecule has 0 aliphatic heterocycles. The molecule has 166 valence electrons. The molecular formula is C28H34F2O. The Bertz CT molecular complexity index is 884. The third-order valence-electron chi connectivity index (χ3n) is 6.38. The highest BCUT2D eigenvalue weighted by Gasteiger charge is 2.22. The van der Waals surface area contributed by atoms with Gasteiger partial charge in [0.2, 0.25) is 5.82 Å². The van der Waals surface area contributed by atoms with Crippen molar-refractivity contribution in [2.24, 2.45) is 5.92 Å². The Balaban J connectivity index is 1.56. The monoisotopic (exact) mass is 424 g/mol. The number of unbranched alkanes of at least 4 members (excludes halogenated alkanes) is 3. The van der Waals surface area contributed by atoms with Crippen molar-refractivity contribution in [2.75, 3.05) is 6.61 Å². The molecule has 2 aromatic rings. The Morgan fingerprint density at radius 2 is 1.58 bits per heavy atom. The van der Waals surface area contributed by atoms with E-state index in [-0.39, 0.29) is 17.9 Å². The van der Waals surface area contributed by atoms with Crippen molar-refractivity contribution in [1.29, 1.82) is 0 Å². The Kier molecular flexibility index (Phi) is 8.95. The first kappa shape index (κ1) is 23.3. The molecule has 2 aromatic carbocycles. The molecule has 0 saturated heterocycles. The molecule has 0 bridgehead atoms. The lowest BCUT2D eigenvalue weighted by atomic mass is 9.77. The highest BCUT2D eigenvalue weighted by Crippen LogP contribution is 2.37. The van der Waals surface area contributed by atoms with Gasteiger partial charge in [-0.25, -0.2) is 4.39 Å². The summed E-state index contributed by atoms with van der Waals surface area (Å²) in [7, 11) is 0. The van der Waals surface area contributed by atoms with Gasteiger partial charge in [-0.3, -0.25) is 0 Å². The van der Waals surface area contributed by atoms with Crippen molar-refractivity contribution in [3.8, 4) is 17.6 Å². The summed E-state index contributed by atoms with van der Waals surface area (Å²) in [6, 6.07) is 11.2. The highest BCUT2D eigenvalue weighted by atomic mass is 19.2. The van der Waals surface area contributed by atoms with E-state index in [1.54, 1.807) is 6.92 Å². The van der Waals surface area contributed by atoms with Crippen LogP contribution in [0.4, 0.5) is 8.78 Å². The topological polar surface area (TPSA) is 9.23 Å². The van der Waals surface area contributed by atoms with E-state index < -0.39 is 11.6 Å². The van der Waals surface area contributed by atoms with Gasteiger partial charge in [0.15, 0.2) is 11.6 Å². The molecule has 3 heteroatoms. The van der Waals surface area contributed by atoms with Gasteiger partial charge in [-0.1, -0.05) is 63.0 Å². The minimum absolute atomic E-state index is 0.0438. The highest BCUT2D eigenvalue weighted by molar-refractivity contribution is 5.46. The fourth-order valence-corrected chi connectivity index (χ4v) is 4.52. The van der Waals surface area contributed by atoms with Gasteiger partial charge < -0.3 is 4.74 Å². The third-order valence-corrected chi connectivity index (χ3v) is 6.38. The Morgan fingerprint density at radius 3 is 2.26 bits per heavy atom. The Hall–Kier alpha value is -2.34. The maximum absolute atomic E-state index is 14.2. The lowest BCUT2D eigenvalue weighted by Gasteiger charge is -2.29. The van der Waals surface area contributed by atoms with Crippen molar-refractivity contribution in [2.45, 2.75) is 77.6 Å². The van der Waals surface area contributed by atoms with E-state index >= 15 is 0 Å². The predicted molar refractivity (Wildman–Crippen MR) is 123 cm³/mol. The summed E-state index contributed by atoms with van der Waals surface area (Å²) in [5.41, 5.74) is 2.22. The van der Waals surface area contributed by atoms with E-state index in [2.05, 4.69) is 30.9 Å². The van der Waals surface area contributed by atoms with Crippen LogP contribution in [0.5, 0.6) is 5.75 Å². The first-order valence-electron chi connectivity index (χ1n) is 11.8. The molecule has 31 heavy (non-hydrogen) atoms. The summed E-state index contributed by atoms with van der Waals surface area (Å²) in [6.07, 6.45) is 12.0. The lowest BCUT2D eigenvalue weighted by Crippen LogP contribution is -2.13. The predicted octanol–water partition coefficient (Wildman–Crippen LogP) is 8.01. The van der Waals surface area contributed by atoms with Crippen molar-refractivity contribution < 1.29 is 13.5 Å². The maximum Gasteiger partial charge on any atom is 0.201 e. The standard InChI is InChI=1S/C28H34F2O/c1-3-5-6-7-8-21-9-14-23(15-10-21)24-16-11-22(12-17-24)13-18-25-19-20-26(31-4-2)28(30)27(25)29/h11-12,16-17,19-21,23H,3-10,14-15H2,1-2H3/t21-,23-. The number of ether oxygens (including phenoxy) is 1. The molecule has 1 aliphatic carbocycles. The summed E-state index contributed by atoms with van der Waals surface area (Å²) in [5, 5.41) is 0. The minimum atomic E-state index is -0.982. The summed E-state index contributed by atoms with van der Waals surface area (Å²) < 4.78 is 33.3. The summed E-state index contributed by atoms with van der Waals surface area (Å²) in [4.78, 5) is 0. The van der Waals surface area contributed by atoms with E-state index in [4.69, 9.17) is 4.74 Å². The molecule has 0 atom stereocenters. The van der Waals surface area contributed by atoms with E-state index in [9.17, 15) is 8.78 Å². The number of benzene rings is 2. The smallest absolute Gasteiger partial charge is 0.201 e. The molecule has 0 amide bonds. The van der Waals surface area contributed by atoms with E-state index in [0.29, 0.717) is 5.92 Å². The molecule has 1 fully saturated rings. The summed E-state index contributed by atoms with van der Waals surface area (Å²) in [6.45, 7) is 4.28. The van der Waals surface area contributed by atoms with Crippen LogP contribution in [0.25, 0.3) is 0 Å². The van der Waals surface area contributed by atoms with Crippen LogP contribution >= 0.6 is 0 Å². The SMILES string of the molecule is CCCCCC[C@H]1CC[C@H](c2ccc(C#Cc3ccc(OCC)c(F)c3F)cc2)CC1. The zero-order valence-electron chi connectivity index (χ0n) is 18.9. The maximum atomic E-state index is 14.2. The second kappa shape index (κ2) is 11.9. The second-order valence-corrected chi connectivity index (χ2v) is 8.61. The van der Waals surface area contributed by atoms with Crippen molar-refractivity contribution >= 4 is 0 Å². The van der Waals surface area contributed by atoms with Crippen molar-refractivity contribution in [1.82, 2.24) is 0 Å². The molecule has 0 N–H and O–H groups in total. The van der Waals surface area contributed by atoms with Crippen molar-refractivity contribution in [3.05, 3.63) is 64.7 Å². The molecule has 0 heterocycles. The van der Waals surface area contributed by atoms with Crippen molar-refractivity contribution in [3.63, 3.8) is 0 Å². The second-order valence-electron chi connectivity index (χ2n) is 8.61. The largest absolute Gasteiger partial charge is 0.491 e. The molecular weight excluding hydrogens is 390 g/mol. The van der Waals surface area contributed by atoms with E-state index in [0.717, 1.165) is 11.5 Å². The van der Waals surface area contributed by atoms with Crippen LogP contribution in [0, 0.1) is 29.4 Å². The van der Waals surface area contributed by atoms with Gasteiger partial charge in [-0.15, -0.1) is 0 Å². The van der Waals surface area contributed by atoms with Crippen LogP contribution in [0.2, 0.25) is 0 Å². The molecule has 0 spiro atoms. The van der Waals surface area contributed by atoms with E-state index in [1.807, 2.05) is 12.1 Å². The van der Waals surface area contributed by atoms with Crippen LogP contribution in [0.3, 0.4) is 0 Å².